The van der Waals surface area contributed by atoms with Crippen LogP contribution in [0.3, 0.4) is 0 Å². The Labute approximate surface area is 110 Å². The molecule has 0 aliphatic rings. The molecular formula is C12H17N3S2. The van der Waals surface area contributed by atoms with Crippen molar-refractivity contribution >= 4 is 22.7 Å². The van der Waals surface area contributed by atoms with Crippen LogP contribution in [-0.4, -0.2) is 23.3 Å². The standard InChI is InChI=1S/C12H17N3S2/c1-9(2)8-13-6-5-11-14-15-12(17-11)10-4-3-7-16-10/h3-4,7,9,13H,5-6,8H2,1-2H3. The average molecular weight is 267 g/mol. The van der Waals surface area contributed by atoms with Crippen LogP contribution in [-0.2, 0) is 6.42 Å². The first kappa shape index (κ1) is 12.7. The highest BCUT2D eigenvalue weighted by Crippen LogP contribution is 2.27. The second-order valence-electron chi connectivity index (χ2n) is 4.33. The molecule has 2 heterocycles. The molecule has 2 rings (SSSR count). The molecule has 17 heavy (non-hydrogen) atoms. The van der Waals surface area contributed by atoms with E-state index in [2.05, 4.69) is 40.8 Å². The summed E-state index contributed by atoms with van der Waals surface area (Å²) >= 11 is 3.41. The van der Waals surface area contributed by atoms with Crippen molar-refractivity contribution in [1.82, 2.24) is 15.5 Å². The Morgan fingerprint density at radius 3 is 2.94 bits per heavy atom. The molecule has 92 valence electrons. The molecule has 5 heteroatoms. The number of nitrogens with one attached hydrogen (secondary N) is 1. The van der Waals surface area contributed by atoms with Crippen LogP contribution in [0.1, 0.15) is 18.9 Å². The third kappa shape index (κ3) is 3.87. The fourth-order valence-electron chi connectivity index (χ4n) is 1.44. The number of hydrogen-bond acceptors (Lipinski definition) is 5. The van der Waals surface area contributed by atoms with Gasteiger partial charge in [-0.2, -0.15) is 0 Å². The van der Waals surface area contributed by atoms with Crippen LogP contribution in [0, 0.1) is 5.92 Å². The average Bonchev–Trinajstić information content (AvgIpc) is 2.94. The molecule has 0 radical (unpaired) electrons. The van der Waals surface area contributed by atoms with Gasteiger partial charge in [0.2, 0.25) is 0 Å². The summed E-state index contributed by atoms with van der Waals surface area (Å²) in [5, 5.41) is 16.1. The number of thiophene rings is 1. The van der Waals surface area contributed by atoms with Gasteiger partial charge in [-0.3, -0.25) is 0 Å². The third-order valence-corrected chi connectivity index (χ3v) is 4.29. The summed E-state index contributed by atoms with van der Waals surface area (Å²) in [6.07, 6.45) is 0.968. The van der Waals surface area contributed by atoms with Crippen LogP contribution in [0.5, 0.6) is 0 Å². The molecule has 1 N–H and O–H groups in total. The van der Waals surface area contributed by atoms with E-state index in [9.17, 15) is 0 Å². The summed E-state index contributed by atoms with van der Waals surface area (Å²) in [4.78, 5) is 1.21. The van der Waals surface area contributed by atoms with Crippen LogP contribution in [0.25, 0.3) is 9.88 Å². The summed E-state index contributed by atoms with van der Waals surface area (Å²) in [5.74, 6) is 0.700. The Morgan fingerprint density at radius 1 is 1.35 bits per heavy atom. The zero-order chi connectivity index (χ0) is 12.1. The van der Waals surface area contributed by atoms with E-state index in [1.165, 1.54) is 4.88 Å². The Kier molecular flexibility index (Phi) is 4.65. The summed E-state index contributed by atoms with van der Waals surface area (Å²) in [7, 11) is 0. The van der Waals surface area contributed by atoms with Gasteiger partial charge in [0.05, 0.1) is 4.88 Å². The van der Waals surface area contributed by atoms with Gasteiger partial charge in [-0.1, -0.05) is 31.3 Å². The molecule has 0 saturated carbocycles. The van der Waals surface area contributed by atoms with Crippen molar-refractivity contribution in [2.75, 3.05) is 13.1 Å². The Morgan fingerprint density at radius 2 is 2.24 bits per heavy atom. The monoisotopic (exact) mass is 267 g/mol. The first-order valence-electron chi connectivity index (χ1n) is 5.82. The van der Waals surface area contributed by atoms with E-state index < -0.39 is 0 Å². The van der Waals surface area contributed by atoms with Crippen molar-refractivity contribution in [3.63, 3.8) is 0 Å². The Balaban J connectivity index is 1.83. The van der Waals surface area contributed by atoms with Gasteiger partial charge in [0.15, 0.2) is 5.01 Å². The molecule has 0 atom stereocenters. The number of nitrogens with zero attached hydrogens (tertiary/aromatic N) is 2. The molecule has 0 aromatic carbocycles. The molecule has 0 unspecified atom stereocenters. The van der Waals surface area contributed by atoms with Crippen LogP contribution in [0.15, 0.2) is 17.5 Å². The smallest absolute Gasteiger partial charge is 0.157 e. The first-order valence-corrected chi connectivity index (χ1v) is 7.52. The van der Waals surface area contributed by atoms with E-state index in [4.69, 9.17) is 0 Å². The highest BCUT2D eigenvalue weighted by molar-refractivity contribution is 7.20. The lowest BCUT2D eigenvalue weighted by Crippen LogP contribution is -2.22. The normalized spacial score (nSPS) is 11.2. The quantitative estimate of drug-likeness (QED) is 0.817. The van der Waals surface area contributed by atoms with E-state index in [1.807, 2.05) is 6.07 Å². The Bertz CT molecular complexity index is 434. The van der Waals surface area contributed by atoms with E-state index in [0.29, 0.717) is 5.92 Å². The summed E-state index contributed by atoms with van der Waals surface area (Å²) in [6, 6.07) is 4.14. The summed E-state index contributed by atoms with van der Waals surface area (Å²) in [5.41, 5.74) is 0. The van der Waals surface area contributed by atoms with Gasteiger partial charge in [0.25, 0.3) is 0 Å². The second kappa shape index (κ2) is 6.23. The van der Waals surface area contributed by atoms with Gasteiger partial charge in [0, 0.05) is 13.0 Å². The number of hydrogen-bond donors (Lipinski definition) is 1. The van der Waals surface area contributed by atoms with Gasteiger partial charge in [-0.25, -0.2) is 0 Å². The second-order valence-corrected chi connectivity index (χ2v) is 6.34. The molecule has 0 fully saturated rings. The topological polar surface area (TPSA) is 37.8 Å². The van der Waals surface area contributed by atoms with Gasteiger partial charge in [-0.15, -0.1) is 21.5 Å². The van der Waals surface area contributed by atoms with Gasteiger partial charge in [-0.05, 0) is 23.9 Å². The largest absolute Gasteiger partial charge is 0.316 e. The van der Waals surface area contributed by atoms with Crippen molar-refractivity contribution in [2.24, 2.45) is 5.92 Å². The molecule has 0 saturated heterocycles. The van der Waals surface area contributed by atoms with Gasteiger partial charge < -0.3 is 5.32 Å². The van der Waals surface area contributed by atoms with E-state index in [-0.39, 0.29) is 0 Å². The highest BCUT2D eigenvalue weighted by Gasteiger charge is 2.06. The lowest BCUT2D eigenvalue weighted by molar-refractivity contribution is 0.553. The highest BCUT2D eigenvalue weighted by atomic mass is 32.1. The molecule has 3 nitrogen and oxygen atoms in total. The fraction of sp³-hybridized carbons (Fsp3) is 0.500. The predicted octanol–water partition coefficient (Wildman–Crippen LogP) is 3.05. The van der Waals surface area contributed by atoms with Crippen molar-refractivity contribution in [3.8, 4) is 9.88 Å². The molecular weight excluding hydrogens is 250 g/mol. The maximum atomic E-state index is 4.22. The molecule has 0 aliphatic carbocycles. The fourth-order valence-corrected chi connectivity index (χ4v) is 3.07. The van der Waals surface area contributed by atoms with Crippen molar-refractivity contribution in [2.45, 2.75) is 20.3 Å². The lowest BCUT2D eigenvalue weighted by Gasteiger charge is -2.04. The SMILES string of the molecule is CC(C)CNCCc1nnc(-c2cccs2)s1. The minimum atomic E-state index is 0.700. The molecule has 2 aromatic heterocycles. The zero-order valence-electron chi connectivity index (χ0n) is 10.1. The molecule has 0 amide bonds. The number of aromatic nitrogens is 2. The van der Waals surface area contributed by atoms with Crippen LogP contribution < -0.4 is 5.32 Å². The minimum absolute atomic E-state index is 0.700. The molecule has 0 aliphatic heterocycles. The number of rotatable bonds is 6. The van der Waals surface area contributed by atoms with Crippen LogP contribution in [0.4, 0.5) is 0 Å². The van der Waals surface area contributed by atoms with Crippen LogP contribution >= 0.6 is 22.7 Å². The molecule has 0 bridgehead atoms. The molecule has 0 spiro atoms. The van der Waals surface area contributed by atoms with Crippen molar-refractivity contribution in [1.29, 1.82) is 0 Å². The minimum Gasteiger partial charge on any atom is -0.316 e. The van der Waals surface area contributed by atoms with Crippen molar-refractivity contribution in [3.05, 3.63) is 22.5 Å². The van der Waals surface area contributed by atoms with E-state index in [0.717, 1.165) is 29.5 Å². The maximum Gasteiger partial charge on any atom is 0.157 e. The van der Waals surface area contributed by atoms with E-state index >= 15 is 0 Å². The lowest BCUT2D eigenvalue weighted by atomic mass is 10.2. The third-order valence-electron chi connectivity index (χ3n) is 2.27. The first-order chi connectivity index (χ1) is 8.25. The van der Waals surface area contributed by atoms with Gasteiger partial charge in [0.1, 0.15) is 5.01 Å². The molecule has 2 aromatic rings. The Hall–Kier alpha value is -0.780. The zero-order valence-corrected chi connectivity index (χ0v) is 11.8. The predicted molar refractivity (Wildman–Crippen MR) is 74.6 cm³/mol. The van der Waals surface area contributed by atoms with Gasteiger partial charge >= 0.3 is 0 Å². The summed E-state index contributed by atoms with van der Waals surface area (Å²) < 4.78 is 0. The van der Waals surface area contributed by atoms with Crippen molar-refractivity contribution < 1.29 is 0 Å². The van der Waals surface area contributed by atoms with E-state index in [1.54, 1.807) is 22.7 Å². The summed E-state index contributed by atoms with van der Waals surface area (Å²) in [6.45, 7) is 6.48. The maximum absolute atomic E-state index is 4.22. The van der Waals surface area contributed by atoms with Crippen LogP contribution in [0.2, 0.25) is 0 Å².